The van der Waals surface area contributed by atoms with Crippen LogP contribution in [0.15, 0.2) is 77.6 Å². The van der Waals surface area contributed by atoms with Crippen molar-refractivity contribution in [2.45, 2.75) is 13.0 Å². The number of amides is 1. The van der Waals surface area contributed by atoms with Crippen molar-refractivity contribution in [3.8, 4) is 11.5 Å². The van der Waals surface area contributed by atoms with Crippen LogP contribution in [-0.2, 0) is 17.8 Å². The summed E-state index contributed by atoms with van der Waals surface area (Å²) in [5, 5.41) is 12.8. The van der Waals surface area contributed by atoms with Gasteiger partial charge < -0.3 is 20.1 Å². The molecule has 166 valence electrons. The number of halogens is 1. The van der Waals surface area contributed by atoms with E-state index < -0.39 is 11.5 Å². The Morgan fingerprint density at radius 3 is 2.45 bits per heavy atom. The molecule has 4 aromatic rings. The van der Waals surface area contributed by atoms with E-state index in [2.05, 4.69) is 10.3 Å². The average Bonchev–Trinajstić information content (AvgIpc) is 2.79. The number of ether oxygens (including phenoxy) is 1. The van der Waals surface area contributed by atoms with Gasteiger partial charge in [-0.05, 0) is 42.0 Å². The minimum atomic E-state index is -1.33. The van der Waals surface area contributed by atoms with Crippen LogP contribution in [-0.4, -0.2) is 22.0 Å². The fraction of sp³-hybridized carbons (Fsp3) is 0.0800. The molecule has 1 heterocycles. The second-order valence-electron chi connectivity index (χ2n) is 7.32. The highest BCUT2D eigenvalue weighted by molar-refractivity contribution is 6.31. The molecule has 0 saturated heterocycles. The lowest BCUT2D eigenvalue weighted by Crippen LogP contribution is -2.25. The van der Waals surface area contributed by atoms with Crippen LogP contribution in [0, 0.1) is 0 Å². The first-order valence-electron chi connectivity index (χ1n) is 10.1. The number of hydrogen-bond acceptors (Lipinski definition) is 4. The number of pyridine rings is 1. The van der Waals surface area contributed by atoms with Crippen molar-refractivity contribution in [1.82, 2.24) is 10.3 Å². The molecule has 0 radical (unpaired) electrons. The molecule has 0 fully saturated rings. The van der Waals surface area contributed by atoms with Crippen molar-refractivity contribution in [2.24, 2.45) is 0 Å². The molecule has 0 atom stereocenters. The molecule has 3 aromatic carbocycles. The number of para-hydroxylation sites is 2. The summed E-state index contributed by atoms with van der Waals surface area (Å²) in [5.74, 6) is -0.334. The summed E-state index contributed by atoms with van der Waals surface area (Å²) >= 11 is 6.17. The Balaban J connectivity index is 1.52. The zero-order valence-corrected chi connectivity index (χ0v) is 18.1. The van der Waals surface area contributed by atoms with Gasteiger partial charge in [0.15, 0.2) is 0 Å². The second kappa shape index (κ2) is 9.58. The first-order valence-corrected chi connectivity index (χ1v) is 10.4. The molecule has 33 heavy (non-hydrogen) atoms. The van der Waals surface area contributed by atoms with Gasteiger partial charge in [-0.15, -0.1) is 0 Å². The third-order valence-electron chi connectivity index (χ3n) is 5.00. The number of carbonyl (C=O) groups is 2. The third kappa shape index (κ3) is 5.22. The molecular weight excluding hydrogens is 444 g/mol. The minimum Gasteiger partial charge on any atom is -0.477 e. The Bertz CT molecular complexity index is 1400. The standard InChI is InChI=1S/C25H19ClN2O5/c26-18-10-16-12-20(25(31)32)24(30)28-23(16)17(11-18)14-27-22(29)13-15-6-4-5-9-21(15)33-19-7-2-1-3-8-19/h1-12H,13-14H2,(H,27,29)(H,28,30)(H,31,32). The SMILES string of the molecule is O=C(Cc1ccccc1Oc1ccccc1)NCc1cc(Cl)cc2cc(C(=O)O)c(=O)[nH]c12. The molecule has 0 aliphatic rings. The van der Waals surface area contributed by atoms with E-state index >= 15 is 0 Å². The topological polar surface area (TPSA) is 108 Å². The van der Waals surface area contributed by atoms with Crippen molar-refractivity contribution >= 4 is 34.4 Å². The van der Waals surface area contributed by atoms with E-state index in [0.717, 1.165) is 0 Å². The Hall–Kier alpha value is -4.10. The smallest absolute Gasteiger partial charge is 0.341 e. The van der Waals surface area contributed by atoms with Gasteiger partial charge in [0.05, 0.1) is 11.9 Å². The maximum Gasteiger partial charge on any atom is 0.341 e. The Morgan fingerprint density at radius 1 is 0.970 bits per heavy atom. The van der Waals surface area contributed by atoms with Crippen molar-refractivity contribution in [1.29, 1.82) is 0 Å². The van der Waals surface area contributed by atoms with Crippen LogP contribution in [0.3, 0.4) is 0 Å². The Morgan fingerprint density at radius 2 is 1.70 bits per heavy atom. The molecule has 3 N–H and O–H groups in total. The monoisotopic (exact) mass is 462 g/mol. The van der Waals surface area contributed by atoms with Gasteiger partial charge in [0.25, 0.3) is 5.56 Å². The highest BCUT2D eigenvalue weighted by Gasteiger charge is 2.14. The first kappa shape index (κ1) is 22.1. The predicted molar refractivity (Wildman–Crippen MR) is 125 cm³/mol. The molecular formula is C25H19ClN2O5. The summed E-state index contributed by atoms with van der Waals surface area (Å²) < 4.78 is 5.91. The summed E-state index contributed by atoms with van der Waals surface area (Å²) in [7, 11) is 0. The van der Waals surface area contributed by atoms with Gasteiger partial charge >= 0.3 is 5.97 Å². The number of carboxylic acids is 1. The molecule has 8 heteroatoms. The minimum absolute atomic E-state index is 0.0845. The van der Waals surface area contributed by atoms with Gasteiger partial charge in [-0.2, -0.15) is 0 Å². The van der Waals surface area contributed by atoms with Crippen LogP contribution < -0.4 is 15.6 Å². The molecule has 0 unspecified atom stereocenters. The second-order valence-corrected chi connectivity index (χ2v) is 7.76. The zero-order valence-electron chi connectivity index (χ0n) is 17.3. The molecule has 0 spiro atoms. The molecule has 1 amide bonds. The average molecular weight is 463 g/mol. The number of aromatic amines is 1. The van der Waals surface area contributed by atoms with Crippen LogP contribution in [0.2, 0.25) is 5.02 Å². The maximum atomic E-state index is 12.7. The number of hydrogen-bond donors (Lipinski definition) is 3. The van der Waals surface area contributed by atoms with Crippen molar-refractivity contribution < 1.29 is 19.4 Å². The first-order chi connectivity index (χ1) is 15.9. The number of carboxylic acid groups (broad SMARTS) is 1. The fourth-order valence-electron chi connectivity index (χ4n) is 3.45. The molecule has 7 nitrogen and oxygen atoms in total. The fourth-order valence-corrected chi connectivity index (χ4v) is 3.70. The number of aromatic nitrogens is 1. The van der Waals surface area contributed by atoms with E-state index in [9.17, 15) is 19.5 Å². The maximum absolute atomic E-state index is 12.7. The van der Waals surface area contributed by atoms with Gasteiger partial charge in [-0.25, -0.2) is 4.79 Å². The van der Waals surface area contributed by atoms with E-state index in [1.54, 1.807) is 18.2 Å². The van der Waals surface area contributed by atoms with Crippen molar-refractivity contribution in [3.63, 3.8) is 0 Å². The van der Waals surface area contributed by atoms with Gasteiger partial charge in [0, 0.05) is 22.5 Å². The van der Waals surface area contributed by atoms with Crippen LogP contribution in [0.25, 0.3) is 10.9 Å². The van der Waals surface area contributed by atoms with Gasteiger partial charge in [-0.1, -0.05) is 48.0 Å². The number of carbonyl (C=O) groups excluding carboxylic acids is 1. The van der Waals surface area contributed by atoms with Crippen molar-refractivity contribution in [3.05, 3.63) is 105 Å². The van der Waals surface area contributed by atoms with E-state index in [1.165, 1.54) is 6.07 Å². The summed E-state index contributed by atoms with van der Waals surface area (Å²) in [6, 6.07) is 21.0. The molecule has 0 saturated carbocycles. The van der Waals surface area contributed by atoms with E-state index in [1.807, 2.05) is 48.5 Å². The summed E-state index contributed by atoms with van der Waals surface area (Å²) in [5.41, 5.74) is 0.595. The van der Waals surface area contributed by atoms with Crippen LogP contribution in [0.5, 0.6) is 11.5 Å². The number of nitrogens with one attached hydrogen (secondary N) is 2. The molecule has 0 bridgehead atoms. The molecule has 0 aliphatic heterocycles. The largest absolute Gasteiger partial charge is 0.477 e. The normalized spacial score (nSPS) is 10.7. The van der Waals surface area contributed by atoms with Gasteiger partial charge in [0.2, 0.25) is 5.91 Å². The number of H-pyrrole nitrogens is 1. The summed E-state index contributed by atoms with van der Waals surface area (Å²) in [4.78, 5) is 38.6. The lowest BCUT2D eigenvalue weighted by molar-refractivity contribution is -0.120. The number of aromatic carboxylic acids is 1. The van der Waals surface area contributed by atoms with Gasteiger partial charge in [-0.3, -0.25) is 9.59 Å². The highest BCUT2D eigenvalue weighted by atomic mass is 35.5. The molecule has 1 aromatic heterocycles. The Kier molecular flexibility index (Phi) is 6.42. The summed E-state index contributed by atoms with van der Waals surface area (Å²) in [6.07, 6.45) is 0.0845. The molecule has 4 rings (SSSR count). The zero-order chi connectivity index (χ0) is 23.4. The van der Waals surface area contributed by atoms with E-state index in [0.29, 0.717) is 38.6 Å². The predicted octanol–water partition coefficient (Wildman–Crippen LogP) is 4.53. The quantitative estimate of drug-likeness (QED) is 0.374. The number of rotatable bonds is 7. The summed E-state index contributed by atoms with van der Waals surface area (Å²) in [6.45, 7) is 0.0972. The Labute approximate surface area is 193 Å². The number of fused-ring (bicyclic) bond motifs is 1. The van der Waals surface area contributed by atoms with Crippen molar-refractivity contribution in [2.75, 3.05) is 0 Å². The lowest BCUT2D eigenvalue weighted by Gasteiger charge is -2.12. The highest BCUT2D eigenvalue weighted by Crippen LogP contribution is 2.26. The molecule has 0 aliphatic carbocycles. The van der Waals surface area contributed by atoms with E-state index in [4.69, 9.17) is 16.3 Å². The lowest BCUT2D eigenvalue weighted by atomic mass is 10.1. The van der Waals surface area contributed by atoms with Crippen LogP contribution in [0.1, 0.15) is 21.5 Å². The van der Waals surface area contributed by atoms with Gasteiger partial charge in [0.1, 0.15) is 17.1 Å². The van der Waals surface area contributed by atoms with Crippen LogP contribution in [0.4, 0.5) is 0 Å². The number of benzene rings is 3. The van der Waals surface area contributed by atoms with Crippen LogP contribution >= 0.6 is 11.6 Å². The third-order valence-corrected chi connectivity index (χ3v) is 5.22. The van der Waals surface area contributed by atoms with E-state index in [-0.39, 0.29) is 24.4 Å².